The lowest BCUT2D eigenvalue weighted by Crippen LogP contribution is -2.28. The number of nitrogens with zero attached hydrogens (tertiary/aromatic N) is 1. The van der Waals surface area contributed by atoms with Crippen LogP contribution in [0.1, 0.15) is 16.7 Å². The van der Waals surface area contributed by atoms with E-state index >= 15 is 0 Å². The van der Waals surface area contributed by atoms with Crippen molar-refractivity contribution in [3.8, 4) is 0 Å². The Morgan fingerprint density at radius 3 is 1.64 bits per heavy atom. The van der Waals surface area contributed by atoms with Gasteiger partial charge in [0, 0.05) is 5.56 Å². The molecule has 0 heterocycles. The van der Waals surface area contributed by atoms with E-state index in [0.717, 1.165) is 0 Å². The largest absolute Gasteiger partial charge is 0.376 e. The predicted molar refractivity (Wildman–Crippen MR) is 86.9 cm³/mol. The van der Waals surface area contributed by atoms with E-state index in [1.54, 1.807) is 24.3 Å². The quantitative estimate of drug-likeness (QED) is 0.572. The van der Waals surface area contributed by atoms with E-state index in [9.17, 15) is 10.0 Å². The summed E-state index contributed by atoms with van der Waals surface area (Å²) in [5.41, 5.74) is 0.669. The third-order valence-corrected chi connectivity index (χ3v) is 3.78. The molecule has 0 aromatic heterocycles. The van der Waals surface area contributed by atoms with Crippen molar-refractivity contribution in [1.82, 2.24) is 0 Å². The lowest BCUT2D eigenvalue weighted by Gasteiger charge is -2.30. The summed E-state index contributed by atoms with van der Waals surface area (Å²) in [4.78, 5) is 11.2. The van der Waals surface area contributed by atoms with Crippen molar-refractivity contribution in [3.05, 3.63) is 107 Å². The van der Waals surface area contributed by atoms with E-state index in [-0.39, 0.29) is 5.69 Å². The molecular weight excluding hydrogens is 274 g/mol. The van der Waals surface area contributed by atoms with Gasteiger partial charge in [-0.25, -0.2) is 0 Å². The summed E-state index contributed by atoms with van der Waals surface area (Å²) in [5.74, 6) is 0. The van der Waals surface area contributed by atoms with Crippen LogP contribution < -0.4 is 0 Å². The van der Waals surface area contributed by atoms with Gasteiger partial charge in [-0.1, -0.05) is 78.9 Å². The topological polar surface area (TPSA) is 49.7 Å². The van der Waals surface area contributed by atoms with Crippen LogP contribution >= 0.6 is 0 Å². The van der Waals surface area contributed by atoms with Gasteiger partial charge in [0.25, 0.3) is 0 Å². The lowest BCUT2D eigenvalue weighted by atomic mass is 9.80. The van der Waals surface area contributed by atoms with Crippen LogP contribution in [0.3, 0.4) is 0 Å². The van der Waals surface area contributed by atoms with Crippen molar-refractivity contribution in [1.29, 1.82) is 0 Å². The van der Waals surface area contributed by atoms with E-state index < -0.39 is 5.60 Å². The molecule has 3 heteroatoms. The molecule has 3 aromatic carbocycles. The third-order valence-electron chi connectivity index (χ3n) is 3.78. The van der Waals surface area contributed by atoms with E-state index in [0.29, 0.717) is 16.7 Å². The maximum Gasteiger partial charge on any atom is 0.142 e. The Hall–Kier alpha value is -2.78. The third kappa shape index (κ3) is 2.32. The van der Waals surface area contributed by atoms with E-state index in [4.69, 9.17) is 0 Å². The van der Waals surface area contributed by atoms with Crippen molar-refractivity contribution in [2.75, 3.05) is 0 Å². The summed E-state index contributed by atoms with van der Waals surface area (Å²) >= 11 is 0. The molecule has 0 saturated carbocycles. The maximum atomic E-state index is 11.5. The van der Waals surface area contributed by atoms with Gasteiger partial charge in [0.05, 0.1) is 0 Å². The average Bonchev–Trinajstić information content (AvgIpc) is 2.62. The predicted octanol–water partition coefficient (Wildman–Crippen LogP) is 4.37. The van der Waals surface area contributed by atoms with Crippen LogP contribution in [0.5, 0.6) is 0 Å². The fourth-order valence-corrected chi connectivity index (χ4v) is 2.70. The van der Waals surface area contributed by atoms with Gasteiger partial charge in [-0.05, 0) is 22.4 Å². The molecule has 0 aliphatic carbocycles. The van der Waals surface area contributed by atoms with Gasteiger partial charge in [0.15, 0.2) is 0 Å². The molecule has 0 bridgehead atoms. The highest BCUT2D eigenvalue weighted by Gasteiger charge is 2.35. The van der Waals surface area contributed by atoms with Gasteiger partial charge >= 0.3 is 0 Å². The van der Waals surface area contributed by atoms with Crippen LogP contribution in [0, 0.1) is 4.91 Å². The first kappa shape index (κ1) is 14.2. The Kier molecular flexibility index (Phi) is 3.81. The minimum atomic E-state index is -1.42. The zero-order chi connectivity index (χ0) is 15.4. The molecule has 0 atom stereocenters. The van der Waals surface area contributed by atoms with Crippen LogP contribution in [0.2, 0.25) is 0 Å². The van der Waals surface area contributed by atoms with E-state index in [1.807, 2.05) is 60.7 Å². The second-order valence-electron chi connectivity index (χ2n) is 5.05. The number of rotatable bonds is 4. The number of aliphatic hydroxyl groups is 1. The van der Waals surface area contributed by atoms with Crippen LogP contribution in [0.25, 0.3) is 0 Å². The van der Waals surface area contributed by atoms with Gasteiger partial charge < -0.3 is 5.11 Å². The summed E-state index contributed by atoms with van der Waals surface area (Å²) in [5, 5.41) is 14.6. The second-order valence-corrected chi connectivity index (χ2v) is 5.05. The Bertz CT molecular complexity index is 730. The molecule has 3 rings (SSSR count). The second kappa shape index (κ2) is 5.92. The van der Waals surface area contributed by atoms with Crippen molar-refractivity contribution >= 4 is 5.69 Å². The first-order chi connectivity index (χ1) is 10.8. The standard InChI is InChI=1S/C19H15NO2/c21-19(15-9-3-1-4-10-15,16-11-5-2-6-12-16)17-13-7-8-14-18(17)20-22/h1-14,21H. The van der Waals surface area contributed by atoms with Crippen LogP contribution in [-0.4, -0.2) is 5.11 Å². The van der Waals surface area contributed by atoms with E-state index in [1.165, 1.54) is 0 Å². The Labute approximate surface area is 128 Å². The Balaban J connectivity index is 2.31. The maximum absolute atomic E-state index is 11.5. The minimum Gasteiger partial charge on any atom is -0.376 e. The van der Waals surface area contributed by atoms with Crippen LogP contribution in [-0.2, 0) is 5.60 Å². The van der Waals surface area contributed by atoms with Crippen LogP contribution in [0.4, 0.5) is 5.69 Å². The Morgan fingerprint density at radius 2 is 1.14 bits per heavy atom. The SMILES string of the molecule is O=Nc1ccccc1C(O)(c1ccccc1)c1ccccc1. The molecule has 0 saturated heterocycles. The van der Waals surface area contributed by atoms with Crippen molar-refractivity contribution < 1.29 is 5.11 Å². The van der Waals surface area contributed by atoms with Crippen molar-refractivity contribution in [2.24, 2.45) is 5.18 Å². The fourth-order valence-electron chi connectivity index (χ4n) is 2.70. The first-order valence-electron chi connectivity index (χ1n) is 7.03. The summed E-state index contributed by atoms with van der Waals surface area (Å²) in [6.45, 7) is 0. The molecule has 0 fully saturated rings. The van der Waals surface area contributed by atoms with Gasteiger partial charge in [0.2, 0.25) is 0 Å². The van der Waals surface area contributed by atoms with E-state index in [2.05, 4.69) is 5.18 Å². The zero-order valence-electron chi connectivity index (χ0n) is 11.9. The lowest BCUT2D eigenvalue weighted by molar-refractivity contribution is 0.126. The van der Waals surface area contributed by atoms with Gasteiger partial charge in [-0.2, -0.15) is 0 Å². The highest BCUT2D eigenvalue weighted by Crippen LogP contribution is 2.40. The number of hydrogen-bond acceptors (Lipinski definition) is 3. The van der Waals surface area contributed by atoms with Crippen molar-refractivity contribution in [2.45, 2.75) is 5.60 Å². The molecule has 0 aliphatic rings. The Morgan fingerprint density at radius 1 is 0.682 bits per heavy atom. The molecule has 0 aliphatic heterocycles. The average molecular weight is 289 g/mol. The molecule has 108 valence electrons. The van der Waals surface area contributed by atoms with Gasteiger partial charge in [-0.3, -0.25) is 0 Å². The molecule has 0 spiro atoms. The highest BCUT2D eigenvalue weighted by molar-refractivity contribution is 5.57. The summed E-state index contributed by atoms with van der Waals surface area (Å²) in [7, 11) is 0. The number of benzene rings is 3. The van der Waals surface area contributed by atoms with Gasteiger partial charge in [0.1, 0.15) is 11.3 Å². The smallest absolute Gasteiger partial charge is 0.142 e. The zero-order valence-corrected chi connectivity index (χ0v) is 11.9. The summed E-state index contributed by atoms with van der Waals surface area (Å²) in [6.07, 6.45) is 0. The normalized spacial score (nSPS) is 11.1. The van der Waals surface area contributed by atoms with Gasteiger partial charge in [-0.15, -0.1) is 4.91 Å². The number of hydrogen-bond donors (Lipinski definition) is 1. The summed E-state index contributed by atoms with van der Waals surface area (Å²) < 4.78 is 0. The number of nitroso groups, excluding NO2 is 1. The van der Waals surface area contributed by atoms with Crippen LogP contribution in [0.15, 0.2) is 90.1 Å². The molecule has 3 nitrogen and oxygen atoms in total. The molecule has 0 amide bonds. The highest BCUT2D eigenvalue weighted by atomic mass is 16.3. The monoisotopic (exact) mass is 289 g/mol. The summed E-state index contributed by atoms with van der Waals surface area (Å²) in [6, 6.07) is 25.5. The molecule has 3 aromatic rings. The first-order valence-corrected chi connectivity index (χ1v) is 7.03. The molecule has 22 heavy (non-hydrogen) atoms. The fraction of sp³-hybridized carbons (Fsp3) is 0.0526. The molecular formula is C19H15NO2. The molecule has 1 N–H and O–H groups in total. The minimum absolute atomic E-state index is 0.234. The van der Waals surface area contributed by atoms with Crippen molar-refractivity contribution in [3.63, 3.8) is 0 Å². The molecule has 0 unspecified atom stereocenters. The molecule has 0 radical (unpaired) electrons.